The zero-order chi connectivity index (χ0) is 16.3. The maximum Gasteiger partial charge on any atom is 0.415 e. The summed E-state index contributed by atoms with van der Waals surface area (Å²) in [6.45, 7) is 5.62. The lowest BCUT2D eigenvalue weighted by Gasteiger charge is -2.27. The molecule has 2 aromatic rings. The topological polar surface area (TPSA) is 42.4 Å². The molecule has 0 aliphatic rings. The summed E-state index contributed by atoms with van der Waals surface area (Å²) >= 11 is 7.10. The van der Waals surface area contributed by atoms with Crippen molar-refractivity contribution in [3.05, 3.63) is 45.6 Å². The van der Waals surface area contributed by atoms with Crippen molar-refractivity contribution in [2.24, 2.45) is 0 Å². The zero-order valence-corrected chi connectivity index (χ0v) is 14.0. The molecule has 0 atom stereocenters. The molecule has 0 radical (unpaired) electrons. The predicted octanol–water partition coefficient (Wildman–Crippen LogP) is 4.88. The molecule has 0 aliphatic heterocycles. The summed E-state index contributed by atoms with van der Waals surface area (Å²) in [7, 11) is 0. The van der Waals surface area contributed by atoms with Crippen molar-refractivity contribution in [1.82, 2.24) is 4.98 Å². The van der Waals surface area contributed by atoms with E-state index in [0.29, 0.717) is 10.2 Å². The number of aromatic nitrogens is 1. The van der Waals surface area contributed by atoms with E-state index in [-0.39, 0.29) is 12.4 Å². The molecule has 0 saturated carbocycles. The summed E-state index contributed by atoms with van der Waals surface area (Å²) < 4.78 is 18.9. The minimum Gasteiger partial charge on any atom is -0.443 e. The van der Waals surface area contributed by atoms with Crippen LogP contribution >= 0.6 is 22.9 Å². The Balaban J connectivity index is 2.27. The Bertz CT molecular complexity index is 652. The lowest BCUT2D eigenvalue weighted by atomic mass is 10.2. The number of nitrogens with zero attached hydrogens (tertiary/aromatic N) is 2. The number of hydrogen-bond acceptors (Lipinski definition) is 4. The quantitative estimate of drug-likeness (QED) is 0.798. The van der Waals surface area contributed by atoms with Gasteiger partial charge in [0.05, 0.1) is 6.54 Å². The number of amides is 1. The molecule has 0 spiro atoms. The van der Waals surface area contributed by atoms with Crippen molar-refractivity contribution in [2.75, 3.05) is 4.90 Å². The van der Waals surface area contributed by atoms with Gasteiger partial charge < -0.3 is 4.74 Å². The Morgan fingerprint density at radius 1 is 1.36 bits per heavy atom. The van der Waals surface area contributed by atoms with Crippen LogP contribution < -0.4 is 4.90 Å². The van der Waals surface area contributed by atoms with Crippen LogP contribution in [0.15, 0.2) is 30.5 Å². The molecule has 1 aromatic carbocycles. The Kier molecular flexibility index (Phi) is 5.03. The summed E-state index contributed by atoms with van der Waals surface area (Å²) in [6.07, 6.45) is 1.09. The highest BCUT2D eigenvalue weighted by Crippen LogP contribution is 2.25. The van der Waals surface area contributed by atoms with Gasteiger partial charge in [-0.15, -0.1) is 11.3 Å². The summed E-state index contributed by atoms with van der Waals surface area (Å²) in [5.41, 5.74) is -0.0825. The summed E-state index contributed by atoms with van der Waals surface area (Å²) in [5.74, 6) is -0.367. The summed E-state index contributed by atoms with van der Waals surface area (Å²) in [4.78, 5) is 18.6. The molecule has 0 fully saturated rings. The molecule has 7 heteroatoms. The van der Waals surface area contributed by atoms with E-state index in [1.807, 2.05) is 0 Å². The van der Waals surface area contributed by atoms with Crippen molar-refractivity contribution in [3.8, 4) is 0 Å². The minimum absolute atomic E-state index is 0.255. The Hall–Kier alpha value is -1.66. The molecule has 4 nitrogen and oxygen atoms in total. The minimum atomic E-state index is -0.624. The Morgan fingerprint density at radius 2 is 2.00 bits per heavy atom. The summed E-state index contributed by atoms with van der Waals surface area (Å²) in [5, 5.41) is 0. The first-order chi connectivity index (χ1) is 10.2. The average Bonchev–Trinajstić information content (AvgIpc) is 2.81. The van der Waals surface area contributed by atoms with Crippen LogP contribution in [0, 0.1) is 5.82 Å². The maximum absolute atomic E-state index is 13.1. The second kappa shape index (κ2) is 6.62. The van der Waals surface area contributed by atoms with E-state index in [9.17, 15) is 9.18 Å². The lowest BCUT2D eigenvalue weighted by Crippen LogP contribution is -2.36. The Morgan fingerprint density at radius 3 is 2.50 bits per heavy atom. The monoisotopic (exact) mass is 342 g/mol. The molecule has 0 N–H and O–H groups in total. The molecule has 0 aliphatic carbocycles. The Labute approximate surface area is 137 Å². The molecule has 0 unspecified atom stereocenters. The van der Waals surface area contributed by atoms with Gasteiger partial charge in [-0.25, -0.2) is 14.2 Å². The van der Waals surface area contributed by atoms with Crippen LogP contribution in [0.5, 0.6) is 0 Å². The standard InChI is InChI=1S/C15H16ClFN2O2S/c1-15(2,3)21-14(20)19(9-12-8-18-13(16)22-12)11-6-4-10(17)5-7-11/h4-8H,9H2,1-3H3. The largest absolute Gasteiger partial charge is 0.443 e. The first-order valence-corrected chi connectivity index (χ1v) is 7.80. The lowest BCUT2D eigenvalue weighted by molar-refractivity contribution is 0.0578. The van der Waals surface area contributed by atoms with Gasteiger partial charge in [0.1, 0.15) is 11.4 Å². The number of ether oxygens (including phenoxy) is 1. The van der Waals surface area contributed by atoms with Gasteiger partial charge in [0.2, 0.25) is 0 Å². The number of carbonyl (C=O) groups is 1. The molecule has 1 amide bonds. The second-order valence-corrected chi connectivity index (χ2v) is 7.32. The molecule has 22 heavy (non-hydrogen) atoms. The van der Waals surface area contributed by atoms with Crippen molar-refractivity contribution < 1.29 is 13.9 Å². The van der Waals surface area contributed by atoms with Gasteiger partial charge in [0.15, 0.2) is 4.47 Å². The first-order valence-electron chi connectivity index (χ1n) is 6.61. The molecular weight excluding hydrogens is 327 g/mol. The van der Waals surface area contributed by atoms with Gasteiger partial charge in [-0.1, -0.05) is 11.6 Å². The maximum atomic E-state index is 13.1. The third-order valence-electron chi connectivity index (χ3n) is 2.59. The fourth-order valence-corrected chi connectivity index (χ4v) is 2.68. The molecule has 2 rings (SSSR count). The van der Waals surface area contributed by atoms with Gasteiger partial charge >= 0.3 is 6.09 Å². The van der Waals surface area contributed by atoms with Crippen LogP contribution in [0.4, 0.5) is 14.9 Å². The number of rotatable bonds is 3. The zero-order valence-electron chi connectivity index (χ0n) is 12.5. The van der Waals surface area contributed by atoms with E-state index in [1.165, 1.54) is 40.5 Å². The van der Waals surface area contributed by atoms with Crippen LogP contribution in [0.3, 0.4) is 0 Å². The second-order valence-electron chi connectivity index (χ2n) is 5.62. The highest BCUT2D eigenvalue weighted by molar-refractivity contribution is 7.15. The number of halogens is 2. The van der Waals surface area contributed by atoms with E-state index >= 15 is 0 Å². The molecular formula is C15H16ClFN2O2S. The number of hydrogen-bond donors (Lipinski definition) is 0. The van der Waals surface area contributed by atoms with E-state index in [2.05, 4.69) is 4.98 Å². The predicted molar refractivity (Wildman–Crippen MR) is 85.9 cm³/mol. The van der Waals surface area contributed by atoms with E-state index in [0.717, 1.165) is 4.88 Å². The van der Waals surface area contributed by atoms with E-state index < -0.39 is 11.7 Å². The van der Waals surface area contributed by atoms with Gasteiger partial charge in [-0.2, -0.15) is 0 Å². The van der Waals surface area contributed by atoms with Crippen molar-refractivity contribution in [3.63, 3.8) is 0 Å². The van der Waals surface area contributed by atoms with Crippen molar-refractivity contribution in [2.45, 2.75) is 32.9 Å². The van der Waals surface area contributed by atoms with Gasteiger partial charge in [0, 0.05) is 16.8 Å². The highest BCUT2D eigenvalue weighted by Gasteiger charge is 2.24. The van der Waals surface area contributed by atoms with Crippen LogP contribution in [-0.4, -0.2) is 16.7 Å². The number of thiazole rings is 1. The molecule has 0 bridgehead atoms. The van der Waals surface area contributed by atoms with Gasteiger partial charge in [0.25, 0.3) is 0 Å². The van der Waals surface area contributed by atoms with Crippen molar-refractivity contribution >= 4 is 34.7 Å². The number of anilines is 1. The summed E-state index contributed by atoms with van der Waals surface area (Å²) in [6, 6.07) is 5.66. The van der Waals surface area contributed by atoms with E-state index in [1.54, 1.807) is 27.0 Å². The smallest absolute Gasteiger partial charge is 0.415 e. The molecule has 1 aromatic heterocycles. The first kappa shape index (κ1) is 16.7. The van der Waals surface area contributed by atoms with Crippen LogP contribution in [0.2, 0.25) is 4.47 Å². The third-order valence-corrected chi connectivity index (χ3v) is 3.69. The van der Waals surface area contributed by atoms with Crippen LogP contribution in [0.1, 0.15) is 25.6 Å². The highest BCUT2D eigenvalue weighted by atomic mass is 35.5. The fraction of sp³-hybridized carbons (Fsp3) is 0.333. The van der Waals surface area contributed by atoms with Crippen molar-refractivity contribution in [1.29, 1.82) is 0 Å². The van der Waals surface area contributed by atoms with E-state index in [4.69, 9.17) is 16.3 Å². The molecule has 1 heterocycles. The number of carbonyl (C=O) groups excluding carboxylic acids is 1. The van der Waals surface area contributed by atoms with Gasteiger partial charge in [-0.05, 0) is 45.0 Å². The SMILES string of the molecule is CC(C)(C)OC(=O)N(Cc1cnc(Cl)s1)c1ccc(F)cc1. The molecule has 118 valence electrons. The number of benzene rings is 1. The fourth-order valence-electron chi connectivity index (χ4n) is 1.71. The average molecular weight is 343 g/mol. The van der Waals surface area contributed by atoms with Crippen LogP contribution in [-0.2, 0) is 11.3 Å². The van der Waals surface area contributed by atoms with Gasteiger partial charge in [-0.3, -0.25) is 4.90 Å². The third kappa shape index (κ3) is 4.68. The normalized spacial score (nSPS) is 11.3. The molecule has 0 saturated heterocycles. The van der Waals surface area contributed by atoms with Crippen LogP contribution in [0.25, 0.3) is 0 Å².